The van der Waals surface area contributed by atoms with Crippen molar-refractivity contribution in [2.24, 2.45) is 0 Å². The lowest BCUT2D eigenvalue weighted by Crippen LogP contribution is -2.10. The van der Waals surface area contributed by atoms with Crippen molar-refractivity contribution in [1.82, 2.24) is 14.8 Å². The van der Waals surface area contributed by atoms with Crippen LogP contribution in [0.4, 0.5) is 13.2 Å². The molecule has 0 amide bonds. The van der Waals surface area contributed by atoms with Gasteiger partial charge in [0.05, 0.1) is 23.2 Å². The highest BCUT2D eigenvalue weighted by molar-refractivity contribution is 7.99. The number of aryl methyl sites for hydroxylation is 2. The summed E-state index contributed by atoms with van der Waals surface area (Å²) < 4.78 is 39.7. The first-order valence-corrected chi connectivity index (χ1v) is 10.00. The lowest BCUT2D eigenvalue weighted by molar-refractivity contribution is -0.105. The molecule has 148 valence electrons. The van der Waals surface area contributed by atoms with Crippen molar-refractivity contribution >= 4 is 22.7 Å². The summed E-state index contributed by atoms with van der Waals surface area (Å²) in [6, 6.07) is 13.5. The normalized spacial score (nSPS) is 11.9. The molecule has 0 saturated heterocycles. The van der Waals surface area contributed by atoms with Crippen LogP contribution in [-0.2, 0) is 0 Å². The maximum absolute atomic E-state index is 12.7. The topological polar surface area (TPSA) is 30.7 Å². The third-order valence-corrected chi connectivity index (χ3v) is 5.86. The lowest BCUT2D eigenvalue weighted by Gasteiger charge is -2.13. The minimum absolute atomic E-state index is 0.647. The Hall–Kier alpha value is -2.80. The maximum atomic E-state index is 12.7. The number of rotatable bonds is 4. The van der Waals surface area contributed by atoms with Gasteiger partial charge in [0, 0.05) is 22.7 Å². The molecule has 0 unspecified atom stereocenters. The number of hydrogen-bond donors (Lipinski definition) is 0. The molecule has 2 aromatic carbocycles. The van der Waals surface area contributed by atoms with E-state index in [1.807, 2.05) is 62.5 Å². The van der Waals surface area contributed by atoms with Gasteiger partial charge in [0.15, 0.2) is 0 Å². The highest BCUT2D eigenvalue weighted by Gasteiger charge is 2.27. The summed E-state index contributed by atoms with van der Waals surface area (Å²) in [7, 11) is 0. The fourth-order valence-electron chi connectivity index (χ4n) is 3.27. The number of aromatic nitrogens is 3. The minimum atomic E-state index is -4.19. The Morgan fingerprint density at radius 1 is 1.03 bits per heavy atom. The van der Waals surface area contributed by atoms with E-state index in [-0.39, 0.29) is 0 Å². The molecule has 0 radical (unpaired) electrons. The van der Waals surface area contributed by atoms with E-state index in [4.69, 9.17) is 0 Å². The number of nitrogens with zero attached hydrogens (tertiary/aromatic N) is 3. The molecule has 0 aliphatic rings. The SMILES string of the molecule is Cc1cc(C)c(-c2ccc3nn(-c4cccnc4)cc3c2)cc1SCC(F)(F)F. The Balaban J connectivity index is 1.72. The van der Waals surface area contributed by atoms with Gasteiger partial charge in [-0.25, -0.2) is 4.68 Å². The molecule has 4 aromatic rings. The summed E-state index contributed by atoms with van der Waals surface area (Å²) >= 11 is 0.828. The van der Waals surface area contributed by atoms with Crippen LogP contribution in [0.2, 0.25) is 0 Å². The number of hydrogen-bond acceptors (Lipinski definition) is 3. The van der Waals surface area contributed by atoms with Gasteiger partial charge >= 0.3 is 6.18 Å². The van der Waals surface area contributed by atoms with Gasteiger partial charge in [0.25, 0.3) is 0 Å². The Kier molecular flexibility index (Phi) is 5.08. The Morgan fingerprint density at radius 3 is 2.59 bits per heavy atom. The second-order valence-corrected chi connectivity index (χ2v) is 7.91. The van der Waals surface area contributed by atoms with Crippen LogP contribution in [-0.4, -0.2) is 26.7 Å². The molecule has 0 fully saturated rings. The summed E-state index contributed by atoms with van der Waals surface area (Å²) in [6.45, 7) is 3.82. The van der Waals surface area contributed by atoms with Crippen molar-refractivity contribution in [2.45, 2.75) is 24.9 Å². The van der Waals surface area contributed by atoms with Gasteiger partial charge in [-0.2, -0.15) is 18.3 Å². The molecule has 7 heteroatoms. The molecule has 0 spiro atoms. The summed E-state index contributed by atoms with van der Waals surface area (Å²) in [5.41, 5.74) is 5.46. The Morgan fingerprint density at radius 2 is 1.86 bits per heavy atom. The molecule has 0 atom stereocenters. The van der Waals surface area contributed by atoms with E-state index in [1.165, 1.54) is 0 Å². The molecule has 0 aliphatic carbocycles. The van der Waals surface area contributed by atoms with Crippen LogP contribution in [0.1, 0.15) is 11.1 Å². The molecule has 0 bridgehead atoms. The molecule has 0 saturated carbocycles. The average molecular weight is 413 g/mol. The quantitative estimate of drug-likeness (QED) is 0.365. The smallest absolute Gasteiger partial charge is 0.262 e. The van der Waals surface area contributed by atoms with Crippen molar-refractivity contribution in [1.29, 1.82) is 0 Å². The summed E-state index contributed by atoms with van der Waals surface area (Å²) in [4.78, 5) is 4.76. The van der Waals surface area contributed by atoms with E-state index in [2.05, 4.69) is 10.1 Å². The van der Waals surface area contributed by atoms with Crippen molar-refractivity contribution < 1.29 is 13.2 Å². The number of thioether (sulfide) groups is 1. The fraction of sp³-hybridized carbons (Fsp3) is 0.182. The summed E-state index contributed by atoms with van der Waals surface area (Å²) in [5, 5.41) is 5.53. The number of pyridine rings is 1. The lowest BCUT2D eigenvalue weighted by atomic mass is 9.98. The zero-order valence-electron chi connectivity index (χ0n) is 15.9. The second kappa shape index (κ2) is 7.55. The number of halogens is 3. The van der Waals surface area contributed by atoms with Crippen molar-refractivity contribution in [3.8, 4) is 16.8 Å². The van der Waals surface area contributed by atoms with Gasteiger partial charge in [0.2, 0.25) is 0 Å². The number of benzene rings is 2. The van der Waals surface area contributed by atoms with Gasteiger partial charge in [-0.15, -0.1) is 11.8 Å². The average Bonchev–Trinajstić information content (AvgIpc) is 3.10. The summed E-state index contributed by atoms with van der Waals surface area (Å²) in [6.07, 6.45) is 1.18. The second-order valence-electron chi connectivity index (χ2n) is 6.89. The van der Waals surface area contributed by atoms with Gasteiger partial charge in [-0.05, 0) is 66.4 Å². The molecule has 0 aliphatic heterocycles. The zero-order valence-corrected chi connectivity index (χ0v) is 16.7. The standard InChI is InChI=1S/C22H18F3N3S/c1-14-8-15(2)21(29-13-22(23,24)25)10-19(14)16-5-6-20-17(9-16)12-28(27-20)18-4-3-7-26-11-18/h3-12H,13H2,1-2H3. The van der Waals surface area contributed by atoms with Crippen LogP contribution in [0, 0.1) is 13.8 Å². The van der Waals surface area contributed by atoms with Gasteiger partial charge in [-0.1, -0.05) is 12.1 Å². The Labute approximate surface area is 170 Å². The van der Waals surface area contributed by atoms with Crippen LogP contribution in [0.15, 0.2) is 66.0 Å². The molecule has 0 N–H and O–H groups in total. The fourth-order valence-corrected chi connectivity index (χ4v) is 4.08. The molecule has 3 nitrogen and oxygen atoms in total. The minimum Gasteiger partial charge on any atom is -0.262 e. The molecule has 2 heterocycles. The van der Waals surface area contributed by atoms with Crippen LogP contribution in [0.5, 0.6) is 0 Å². The van der Waals surface area contributed by atoms with E-state index in [0.717, 1.165) is 50.6 Å². The van der Waals surface area contributed by atoms with Gasteiger partial charge in [-0.3, -0.25) is 4.98 Å². The van der Waals surface area contributed by atoms with Crippen molar-refractivity contribution in [3.63, 3.8) is 0 Å². The van der Waals surface area contributed by atoms with Crippen LogP contribution < -0.4 is 0 Å². The highest BCUT2D eigenvalue weighted by atomic mass is 32.2. The van der Waals surface area contributed by atoms with E-state index >= 15 is 0 Å². The first-order valence-electron chi connectivity index (χ1n) is 9.01. The van der Waals surface area contributed by atoms with E-state index in [0.29, 0.717) is 4.90 Å². The monoisotopic (exact) mass is 413 g/mol. The van der Waals surface area contributed by atoms with Crippen molar-refractivity contribution in [2.75, 3.05) is 5.75 Å². The zero-order chi connectivity index (χ0) is 20.6. The van der Waals surface area contributed by atoms with E-state index < -0.39 is 11.9 Å². The molecule has 29 heavy (non-hydrogen) atoms. The third-order valence-electron chi connectivity index (χ3n) is 4.64. The summed E-state index contributed by atoms with van der Waals surface area (Å²) in [5.74, 6) is -0.896. The molecular weight excluding hydrogens is 395 g/mol. The first-order chi connectivity index (χ1) is 13.8. The maximum Gasteiger partial charge on any atom is 0.398 e. The predicted octanol–water partition coefficient (Wildman–Crippen LogP) is 6.36. The van der Waals surface area contributed by atoms with Crippen LogP contribution >= 0.6 is 11.8 Å². The largest absolute Gasteiger partial charge is 0.398 e. The van der Waals surface area contributed by atoms with Gasteiger partial charge in [0.1, 0.15) is 0 Å². The van der Waals surface area contributed by atoms with Crippen LogP contribution in [0.3, 0.4) is 0 Å². The number of alkyl halides is 3. The molecular formula is C22H18F3N3S. The van der Waals surface area contributed by atoms with Gasteiger partial charge < -0.3 is 0 Å². The first kappa shape index (κ1) is 19.5. The van der Waals surface area contributed by atoms with Crippen molar-refractivity contribution in [3.05, 3.63) is 72.2 Å². The molecule has 2 aromatic heterocycles. The van der Waals surface area contributed by atoms with Crippen LogP contribution in [0.25, 0.3) is 27.7 Å². The van der Waals surface area contributed by atoms with E-state index in [1.54, 1.807) is 17.1 Å². The predicted molar refractivity (Wildman–Crippen MR) is 111 cm³/mol. The van der Waals surface area contributed by atoms with E-state index in [9.17, 15) is 13.2 Å². The number of fused-ring (bicyclic) bond motifs is 1. The highest BCUT2D eigenvalue weighted by Crippen LogP contribution is 2.35. The molecule has 4 rings (SSSR count). The Bertz CT molecular complexity index is 1170. The third kappa shape index (κ3) is 4.29.